The van der Waals surface area contributed by atoms with Crippen LogP contribution in [-0.2, 0) is 0 Å². The summed E-state index contributed by atoms with van der Waals surface area (Å²) < 4.78 is 0. The molecule has 0 bridgehead atoms. The van der Waals surface area contributed by atoms with Gasteiger partial charge < -0.3 is 0 Å². The minimum atomic E-state index is 0.953. The van der Waals surface area contributed by atoms with Crippen molar-refractivity contribution in [2.45, 2.75) is 143 Å². The molecule has 0 saturated heterocycles. The van der Waals surface area contributed by atoms with E-state index < -0.39 is 0 Å². The summed E-state index contributed by atoms with van der Waals surface area (Å²) in [6.07, 6.45) is 31.8. The smallest absolute Gasteiger partial charge is 0.0351 e. The van der Waals surface area contributed by atoms with Crippen molar-refractivity contribution in [1.82, 2.24) is 0 Å². The fourth-order valence-corrected chi connectivity index (χ4v) is 3.63. The summed E-state index contributed by atoms with van der Waals surface area (Å²) in [5.74, 6) is 0.953. The third kappa shape index (κ3) is 21.7. The number of rotatable bonds is 20. The van der Waals surface area contributed by atoms with Crippen molar-refractivity contribution in [2.75, 3.05) is 0 Å². The molecule has 0 aliphatic rings. The molecule has 0 heterocycles. The van der Waals surface area contributed by atoms with Gasteiger partial charge in [0.1, 0.15) is 0 Å². The Balaban J connectivity index is 3.19. The van der Waals surface area contributed by atoms with Crippen molar-refractivity contribution in [2.24, 2.45) is 5.92 Å². The number of hydrogen-bond acceptors (Lipinski definition) is 0. The fraction of sp³-hybridized carbons (Fsp3) is 0.920. The Morgan fingerprint density at radius 3 is 1.36 bits per heavy atom. The van der Waals surface area contributed by atoms with Crippen LogP contribution in [0.3, 0.4) is 0 Å². The van der Waals surface area contributed by atoms with E-state index in [1.54, 1.807) is 0 Å². The number of unbranched alkanes of at least 4 members (excludes halogenated alkanes) is 14. The largest absolute Gasteiger partial charge is 0.0885 e. The van der Waals surface area contributed by atoms with E-state index in [1.807, 2.05) is 0 Å². The van der Waals surface area contributed by atoms with E-state index in [0.717, 1.165) is 5.92 Å². The lowest BCUT2D eigenvalue weighted by Gasteiger charge is -2.10. The third-order valence-corrected chi connectivity index (χ3v) is 5.51. The molecule has 1 unspecified atom stereocenters. The van der Waals surface area contributed by atoms with Crippen molar-refractivity contribution < 1.29 is 0 Å². The highest BCUT2D eigenvalue weighted by Crippen LogP contribution is 2.18. The maximum atomic E-state index is 2.47. The molecule has 0 spiro atoms. The highest BCUT2D eigenvalue weighted by atomic mass is 14.1. The average Bonchev–Trinajstić information content (AvgIpc) is 2.62. The first-order valence-corrected chi connectivity index (χ1v) is 12.0. The van der Waals surface area contributed by atoms with E-state index in [0.29, 0.717) is 0 Å². The molecule has 0 amide bonds. The third-order valence-electron chi connectivity index (χ3n) is 5.51. The van der Waals surface area contributed by atoms with Crippen molar-refractivity contribution in [3.8, 4) is 0 Å². The quantitative estimate of drug-likeness (QED) is 0.151. The summed E-state index contributed by atoms with van der Waals surface area (Å²) >= 11 is 0. The van der Waals surface area contributed by atoms with Crippen molar-refractivity contribution in [3.05, 3.63) is 12.2 Å². The van der Waals surface area contributed by atoms with Crippen molar-refractivity contribution in [1.29, 1.82) is 0 Å². The Labute approximate surface area is 161 Å². The molecule has 150 valence electrons. The molecule has 0 aliphatic heterocycles. The Hall–Kier alpha value is -0.260. The van der Waals surface area contributed by atoms with Gasteiger partial charge in [0.25, 0.3) is 0 Å². The van der Waals surface area contributed by atoms with Crippen LogP contribution in [0.1, 0.15) is 143 Å². The van der Waals surface area contributed by atoms with Crippen LogP contribution in [0, 0.1) is 5.92 Å². The van der Waals surface area contributed by atoms with E-state index >= 15 is 0 Å². The summed E-state index contributed by atoms with van der Waals surface area (Å²) in [6, 6.07) is 0. The van der Waals surface area contributed by atoms with E-state index in [2.05, 4.69) is 32.9 Å². The zero-order valence-corrected chi connectivity index (χ0v) is 18.2. The molecule has 0 aromatic heterocycles. The van der Waals surface area contributed by atoms with E-state index in [4.69, 9.17) is 0 Å². The molecule has 0 radical (unpaired) electrons. The van der Waals surface area contributed by atoms with Gasteiger partial charge in [-0.3, -0.25) is 0 Å². The predicted octanol–water partition coefficient (Wildman–Crippen LogP) is 9.63. The van der Waals surface area contributed by atoms with Crippen LogP contribution in [0.4, 0.5) is 0 Å². The molecule has 0 saturated carbocycles. The van der Waals surface area contributed by atoms with Crippen LogP contribution in [-0.4, -0.2) is 0 Å². The molecule has 0 rings (SSSR count). The van der Waals surface area contributed by atoms with Crippen LogP contribution in [0.15, 0.2) is 12.2 Å². The minimum Gasteiger partial charge on any atom is -0.0885 e. The molecule has 0 aromatic carbocycles. The van der Waals surface area contributed by atoms with Crippen LogP contribution in [0.5, 0.6) is 0 Å². The lowest BCUT2D eigenvalue weighted by Crippen LogP contribution is -1.95. The lowest BCUT2D eigenvalue weighted by molar-refractivity contribution is 0.434. The van der Waals surface area contributed by atoms with Gasteiger partial charge in [-0.05, 0) is 31.6 Å². The van der Waals surface area contributed by atoms with Gasteiger partial charge in [0, 0.05) is 0 Å². The second kappa shape index (κ2) is 21.8. The lowest BCUT2D eigenvalue weighted by atomic mass is 9.96. The summed E-state index contributed by atoms with van der Waals surface area (Å²) in [7, 11) is 0. The second-order valence-corrected chi connectivity index (χ2v) is 8.33. The molecule has 0 heteroatoms. The first-order valence-electron chi connectivity index (χ1n) is 12.0. The average molecular weight is 351 g/mol. The molecule has 0 aliphatic carbocycles. The van der Waals surface area contributed by atoms with E-state index in [-0.39, 0.29) is 0 Å². The Bertz CT molecular complexity index is 253. The highest BCUT2D eigenvalue weighted by Gasteiger charge is 2.02. The Morgan fingerprint density at radius 1 is 0.480 bits per heavy atom. The summed E-state index contributed by atoms with van der Waals surface area (Å²) in [6.45, 7) is 7.05. The SMILES string of the molecule is CCCCCC=CCCCCCC(C)CCCCCCCCCCC. The molecular formula is C25H50. The zero-order valence-electron chi connectivity index (χ0n) is 18.2. The van der Waals surface area contributed by atoms with Crippen molar-refractivity contribution in [3.63, 3.8) is 0 Å². The summed E-state index contributed by atoms with van der Waals surface area (Å²) in [5, 5.41) is 0. The fourth-order valence-electron chi connectivity index (χ4n) is 3.63. The number of allylic oxidation sites excluding steroid dienone is 2. The molecule has 0 aromatic rings. The van der Waals surface area contributed by atoms with Gasteiger partial charge in [0.15, 0.2) is 0 Å². The van der Waals surface area contributed by atoms with Gasteiger partial charge in [-0.15, -0.1) is 0 Å². The van der Waals surface area contributed by atoms with Crippen molar-refractivity contribution >= 4 is 0 Å². The minimum absolute atomic E-state index is 0.953. The topological polar surface area (TPSA) is 0 Å². The summed E-state index contributed by atoms with van der Waals surface area (Å²) in [5.41, 5.74) is 0. The first kappa shape index (κ1) is 24.7. The zero-order chi connectivity index (χ0) is 18.4. The maximum absolute atomic E-state index is 2.47. The number of hydrogen-bond donors (Lipinski definition) is 0. The van der Waals surface area contributed by atoms with Gasteiger partial charge in [-0.25, -0.2) is 0 Å². The Morgan fingerprint density at radius 2 is 0.840 bits per heavy atom. The molecule has 25 heavy (non-hydrogen) atoms. The summed E-state index contributed by atoms with van der Waals surface area (Å²) in [4.78, 5) is 0. The maximum Gasteiger partial charge on any atom is -0.0351 e. The standard InChI is InChI=1S/C25H50/c1-4-6-8-10-12-14-16-18-20-22-24-25(3)23-21-19-17-15-13-11-9-7-5-2/h12,14,25H,4-11,13,15-24H2,1-3H3. The van der Waals surface area contributed by atoms with Crippen LogP contribution >= 0.6 is 0 Å². The second-order valence-electron chi connectivity index (χ2n) is 8.33. The molecule has 0 nitrogen and oxygen atoms in total. The Kier molecular flexibility index (Phi) is 21.6. The van der Waals surface area contributed by atoms with E-state index in [1.165, 1.54) is 122 Å². The molecule has 1 atom stereocenters. The van der Waals surface area contributed by atoms with Gasteiger partial charge in [0.05, 0.1) is 0 Å². The van der Waals surface area contributed by atoms with E-state index in [9.17, 15) is 0 Å². The predicted molar refractivity (Wildman–Crippen MR) is 117 cm³/mol. The normalized spacial score (nSPS) is 12.9. The van der Waals surface area contributed by atoms with Crippen LogP contribution < -0.4 is 0 Å². The molecule has 0 fully saturated rings. The van der Waals surface area contributed by atoms with Gasteiger partial charge in [-0.2, -0.15) is 0 Å². The van der Waals surface area contributed by atoms with Gasteiger partial charge >= 0.3 is 0 Å². The molecular weight excluding hydrogens is 300 g/mol. The first-order chi connectivity index (χ1) is 12.3. The molecule has 0 N–H and O–H groups in total. The van der Waals surface area contributed by atoms with Crippen LogP contribution in [0.2, 0.25) is 0 Å². The highest BCUT2D eigenvalue weighted by molar-refractivity contribution is 4.81. The van der Waals surface area contributed by atoms with Crippen LogP contribution in [0.25, 0.3) is 0 Å². The van der Waals surface area contributed by atoms with Gasteiger partial charge in [-0.1, -0.05) is 129 Å². The van der Waals surface area contributed by atoms with Gasteiger partial charge in [0.2, 0.25) is 0 Å². The monoisotopic (exact) mass is 350 g/mol.